The van der Waals surface area contributed by atoms with Crippen molar-refractivity contribution in [2.24, 2.45) is 0 Å². The maximum atomic E-state index is 13.1. The Morgan fingerprint density at radius 2 is 1.74 bits per heavy atom. The SMILES string of the molecule is CCOc1ccc(CCC(=O)N(Cc2cccc(Br)c2)C(C)C(=O)NC)cc1OCC. The zero-order valence-corrected chi connectivity index (χ0v) is 20.2. The van der Waals surface area contributed by atoms with Gasteiger partial charge in [0.15, 0.2) is 11.5 Å². The molecule has 0 aromatic heterocycles. The predicted molar refractivity (Wildman–Crippen MR) is 125 cm³/mol. The number of amides is 2. The Morgan fingerprint density at radius 3 is 2.39 bits per heavy atom. The molecule has 2 rings (SSSR count). The first-order valence-corrected chi connectivity index (χ1v) is 11.3. The molecular formula is C24H31BrN2O4. The molecule has 7 heteroatoms. The van der Waals surface area contributed by atoms with Crippen LogP contribution in [0, 0.1) is 0 Å². The Balaban J connectivity index is 2.15. The van der Waals surface area contributed by atoms with E-state index in [1.54, 1.807) is 18.9 Å². The monoisotopic (exact) mass is 490 g/mol. The summed E-state index contributed by atoms with van der Waals surface area (Å²) in [5.41, 5.74) is 1.94. The zero-order valence-electron chi connectivity index (χ0n) is 18.6. The van der Waals surface area contributed by atoms with E-state index in [9.17, 15) is 9.59 Å². The Morgan fingerprint density at radius 1 is 1.03 bits per heavy atom. The van der Waals surface area contributed by atoms with Crippen LogP contribution in [0.4, 0.5) is 0 Å². The molecule has 2 aromatic carbocycles. The smallest absolute Gasteiger partial charge is 0.242 e. The van der Waals surface area contributed by atoms with Crippen LogP contribution in [-0.2, 0) is 22.6 Å². The third kappa shape index (κ3) is 7.28. The lowest BCUT2D eigenvalue weighted by Gasteiger charge is -2.28. The number of nitrogens with one attached hydrogen (secondary N) is 1. The summed E-state index contributed by atoms with van der Waals surface area (Å²) in [6.45, 7) is 7.05. The van der Waals surface area contributed by atoms with E-state index in [4.69, 9.17) is 9.47 Å². The molecule has 0 radical (unpaired) electrons. The first kappa shape index (κ1) is 24.7. The summed E-state index contributed by atoms with van der Waals surface area (Å²) >= 11 is 3.46. The van der Waals surface area contributed by atoms with Crippen LogP contribution in [0.15, 0.2) is 46.9 Å². The van der Waals surface area contributed by atoms with E-state index < -0.39 is 6.04 Å². The fourth-order valence-corrected chi connectivity index (χ4v) is 3.72. The molecule has 0 spiro atoms. The van der Waals surface area contributed by atoms with Gasteiger partial charge in [-0.05, 0) is 62.6 Å². The minimum Gasteiger partial charge on any atom is -0.490 e. The second-order valence-corrected chi connectivity index (χ2v) is 8.00. The number of rotatable bonds is 11. The normalized spacial score (nSPS) is 11.5. The molecule has 0 fully saturated rings. The van der Waals surface area contributed by atoms with Crippen LogP contribution in [0.3, 0.4) is 0 Å². The van der Waals surface area contributed by atoms with Gasteiger partial charge < -0.3 is 19.7 Å². The number of benzene rings is 2. The van der Waals surface area contributed by atoms with Gasteiger partial charge in [-0.2, -0.15) is 0 Å². The largest absolute Gasteiger partial charge is 0.490 e. The molecule has 0 saturated heterocycles. The van der Waals surface area contributed by atoms with Gasteiger partial charge in [-0.25, -0.2) is 0 Å². The number of halogens is 1. The number of carbonyl (C=O) groups is 2. The minimum atomic E-state index is -0.573. The number of ether oxygens (including phenoxy) is 2. The molecule has 1 N–H and O–H groups in total. The Labute approximate surface area is 193 Å². The second-order valence-electron chi connectivity index (χ2n) is 7.09. The fraction of sp³-hybridized carbons (Fsp3) is 0.417. The van der Waals surface area contributed by atoms with Crippen molar-refractivity contribution in [2.75, 3.05) is 20.3 Å². The van der Waals surface area contributed by atoms with Crippen LogP contribution >= 0.6 is 15.9 Å². The number of aryl methyl sites for hydroxylation is 1. The second kappa shape index (κ2) is 12.3. The van der Waals surface area contributed by atoms with Crippen molar-refractivity contribution in [3.05, 3.63) is 58.1 Å². The van der Waals surface area contributed by atoms with Crippen molar-refractivity contribution in [3.8, 4) is 11.5 Å². The van der Waals surface area contributed by atoms with Crippen molar-refractivity contribution in [1.29, 1.82) is 0 Å². The summed E-state index contributed by atoms with van der Waals surface area (Å²) in [6, 6.07) is 12.9. The van der Waals surface area contributed by atoms with Crippen molar-refractivity contribution < 1.29 is 19.1 Å². The Bertz CT molecular complexity index is 888. The lowest BCUT2D eigenvalue weighted by atomic mass is 10.1. The lowest BCUT2D eigenvalue weighted by molar-refractivity contribution is -0.140. The minimum absolute atomic E-state index is 0.0806. The van der Waals surface area contributed by atoms with Gasteiger partial charge in [0.1, 0.15) is 6.04 Å². The average molecular weight is 491 g/mol. The van der Waals surface area contributed by atoms with E-state index in [-0.39, 0.29) is 18.2 Å². The molecule has 0 saturated carbocycles. The summed E-state index contributed by atoms with van der Waals surface area (Å²) in [4.78, 5) is 27.0. The molecule has 0 heterocycles. The topological polar surface area (TPSA) is 67.9 Å². The number of hydrogen-bond acceptors (Lipinski definition) is 4. The van der Waals surface area contributed by atoms with E-state index >= 15 is 0 Å². The van der Waals surface area contributed by atoms with Crippen molar-refractivity contribution in [2.45, 2.75) is 46.2 Å². The molecule has 2 amide bonds. The number of likely N-dealkylation sites (N-methyl/N-ethyl adjacent to an activating group) is 1. The molecule has 1 unspecified atom stereocenters. The van der Waals surface area contributed by atoms with E-state index in [1.807, 2.05) is 56.3 Å². The molecule has 0 aliphatic carbocycles. The number of hydrogen-bond donors (Lipinski definition) is 1. The molecule has 168 valence electrons. The van der Waals surface area contributed by atoms with Crippen LogP contribution in [0.2, 0.25) is 0 Å². The first-order chi connectivity index (χ1) is 14.9. The molecule has 6 nitrogen and oxygen atoms in total. The maximum absolute atomic E-state index is 13.1. The molecule has 1 atom stereocenters. The van der Waals surface area contributed by atoms with E-state index in [0.29, 0.717) is 37.7 Å². The molecule has 0 aliphatic heterocycles. The van der Waals surface area contributed by atoms with Gasteiger partial charge in [-0.15, -0.1) is 0 Å². The van der Waals surface area contributed by atoms with Crippen molar-refractivity contribution >= 4 is 27.7 Å². The summed E-state index contributed by atoms with van der Waals surface area (Å²) in [7, 11) is 1.58. The highest BCUT2D eigenvalue weighted by Gasteiger charge is 2.25. The van der Waals surface area contributed by atoms with E-state index in [2.05, 4.69) is 21.2 Å². The Hall–Kier alpha value is -2.54. The van der Waals surface area contributed by atoms with Gasteiger partial charge in [0, 0.05) is 24.5 Å². The summed E-state index contributed by atoms with van der Waals surface area (Å²) in [5, 5.41) is 2.64. The molecule has 0 aliphatic rings. The molecule has 2 aromatic rings. The lowest BCUT2D eigenvalue weighted by Crippen LogP contribution is -2.46. The van der Waals surface area contributed by atoms with Gasteiger partial charge in [0.25, 0.3) is 0 Å². The third-order valence-corrected chi connectivity index (χ3v) is 5.38. The van der Waals surface area contributed by atoms with Crippen molar-refractivity contribution in [1.82, 2.24) is 10.2 Å². The van der Waals surface area contributed by atoms with E-state index in [1.165, 1.54) is 0 Å². The highest BCUT2D eigenvalue weighted by molar-refractivity contribution is 9.10. The van der Waals surface area contributed by atoms with Crippen LogP contribution in [-0.4, -0.2) is 43.0 Å². The van der Waals surface area contributed by atoms with Gasteiger partial charge in [-0.3, -0.25) is 9.59 Å². The summed E-state index contributed by atoms with van der Waals surface area (Å²) in [6.07, 6.45) is 0.829. The van der Waals surface area contributed by atoms with E-state index in [0.717, 1.165) is 15.6 Å². The molecular weight excluding hydrogens is 460 g/mol. The summed E-state index contributed by atoms with van der Waals surface area (Å²) in [5.74, 6) is 1.11. The molecule has 0 bridgehead atoms. The quantitative estimate of drug-likeness (QED) is 0.508. The van der Waals surface area contributed by atoms with Gasteiger partial charge in [0.2, 0.25) is 11.8 Å². The highest BCUT2D eigenvalue weighted by Crippen LogP contribution is 2.29. The molecule has 31 heavy (non-hydrogen) atoms. The predicted octanol–water partition coefficient (Wildman–Crippen LogP) is 4.34. The summed E-state index contributed by atoms with van der Waals surface area (Å²) < 4.78 is 12.2. The number of carbonyl (C=O) groups excluding carboxylic acids is 2. The fourth-order valence-electron chi connectivity index (χ4n) is 3.27. The van der Waals surface area contributed by atoms with Crippen LogP contribution in [0.25, 0.3) is 0 Å². The zero-order chi connectivity index (χ0) is 22.8. The van der Waals surface area contributed by atoms with Crippen LogP contribution in [0.5, 0.6) is 11.5 Å². The highest BCUT2D eigenvalue weighted by atomic mass is 79.9. The van der Waals surface area contributed by atoms with Crippen LogP contribution in [0.1, 0.15) is 38.3 Å². The Kier molecular flexibility index (Phi) is 9.85. The van der Waals surface area contributed by atoms with Crippen LogP contribution < -0.4 is 14.8 Å². The van der Waals surface area contributed by atoms with Gasteiger partial charge >= 0.3 is 0 Å². The van der Waals surface area contributed by atoms with Gasteiger partial charge in [0.05, 0.1) is 13.2 Å². The first-order valence-electron chi connectivity index (χ1n) is 10.5. The van der Waals surface area contributed by atoms with Crippen molar-refractivity contribution in [3.63, 3.8) is 0 Å². The standard InChI is InChI=1S/C24H31BrN2O4/c1-5-30-21-12-10-18(15-22(21)31-6-2)11-13-23(28)27(17(3)24(29)26-4)16-19-8-7-9-20(25)14-19/h7-10,12,14-15,17H,5-6,11,13,16H2,1-4H3,(H,26,29). The number of nitrogens with zero attached hydrogens (tertiary/aromatic N) is 1. The maximum Gasteiger partial charge on any atom is 0.242 e. The van der Waals surface area contributed by atoms with Gasteiger partial charge in [-0.1, -0.05) is 34.1 Å². The average Bonchev–Trinajstić information content (AvgIpc) is 2.76. The third-order valence-electron chi connectivity index (χ3n) is 4.89.